The lowest BCUT2D eigenvalue weighted by atomic mass is 9.60. The van der Waals surface area contributed by atoms with Crippen molar-refractivity contribution in [1.29, 1.82) is 0 Å². The van der Waals surface area contributed by atoms with Crippen LogP contribution in [0.2, 0.25) is 0 Å². The molecule has 0 saturated heterocycles. The van der Waals surface area contributed by atoms with E-state index in [9.17, 15) is 20.4 Å². The van der Waals surface area contributed by atoms with Crippen LogP contribution in [0, 0.1) is 23.2 Å². The largest absolute Gasteiger partial charge is 0.393 e. The second-order valence-electron chi connectivity index (χ2n) is 13.8. The van der Waals surface area contributed by atoms with E-state index in [1.807, 2.05) is 27.7 Å². The minimum Gasteiger partial charge on any atom is -0.393 e. The maximum Gasteiger partial charge on any atom is 0.0811 e. The first kappa shape index (κ1) is 29.6. The topological polar surface area (TPSA) is 80.9 Å². The first-order valence-corrected chi connectivity index (χ1v) is 14.6. The number of fused-ring (bicyclic) bond motifs is 1. The number of hydrogen-bond donors (Lipinski definition) is 4. The van der Waals surface area contributed by atoms with E-state index in [4.69, 9.17) is 0 Å². The minimum atomic E-state index is -0.639. The molecule has 4 nitrogen and oxygen atoms in total. The molecule has 0 aromatic carbocycles. The van der Waals surface area contributed by atoms with Crippen LogP contribution in [0.15, 0.2) is 35.5 Å². The third-order valence-electron chi connectivity index (χ3n) is 9.60. The van der Waals surface area contributed by atoms with E-state index in [2.05, 4.69) is 25.7 Å². The Balaban J connectivity index is 1.77. The summed E-state index contributed by atoms with van der Waals surface area (Å²) in [6.07, 6.45) is 16.5. The summed E-state index contributed by atoms with van der Waals surface area (Å²) in [5.74, 6) is 1.90. The van der Waals surface area contributed by atoms with Crippen LogP contribution < -0.4 is 0 Å². The van der Waals surface area contributed by atoms with Crippen LogP contribution in [0.4, 0.5) is 0 Å². The Bertz CT molecular complexity index is 791. The van der Waals surface area contributed by atoms with Crippen molar-refractivity contribution in [1.82, 2.24) is 0 Å². The Morgan fingerprint density at radius 2 is 1.61 bits per heavy atom. The standard InChI is InChI=1S/C32H54O4/c1-22-25(20-26(33)21-29(22)34)14-13-24-12-9-19-32(6)27(15-16-28(24)32)23(10-7-17-30(2,3)35)11-8-18-31(4,5)36/h13-14,23,26-29,33-36H,1,7-12,15-21H2,2-6H3/b24-13+,25-14+/t26-,27-,28?,29+,32-/m1/s1. The highest BCUT2D eigenvalue weighted by molar-refractivity contribution is 5.38. The van der Waals surface area contributed by atoms with Gasteiger partial charge in [0.15, 0.2) is 0 Å². The van der Waals surface area contributed by atoms with Crippen LogP contribution in [0.1, 0.15) is 118 Å². The summed E-state index contributed by atoms with van der Waals surface area (Å²) in [5, 5.41) is 40.9. The molecule has 0 radical (unpaired) electrons. The average Bonchev–Trinajstić information content (AvgIpc) is 3.10. The molecule has 3 rings (SSSR count). The second kappa shape index (κ2) is 11.8. The van der Waals surface area contributed by atoms with Crippen molar-refractivity contribution < 1.29 is 20.4 Å². The number of aliphatic hydroxyl groups is 4. The van der Waals surface area contributed by atoms with Gasteiger partial charge in [0.25, 0.3) is 0 Å². The highest BCUT2D eigenvalue weighted by Gasteiger charge is 2.51. The number of allylic oxidation sites excluding steroid dienone is 3. The fourth-order valence-corrected chi connectivity index (χ4v) is 7.66. The van der Waals surface area contributed by atoms with Crippen molar-refractivity contribution >= 4 is 0 Å². The molecule has 4 heteroatoms. The van der Waals surface area contributed by atoms with Crippen molar-refractivity contribution in [2.24, 2.45) is 23.2 Å². The van der Waals surface area contributed by atoms with Gasteiger partial charge in [-0.1, -0.05) is 56.9 Å². The first-order chi connectivity index (χ1) is 16.7. The second-order valence-corrected chi connectivity index (χ2v) is 13.8. The van der Waals surface area contributed by atoms with Crippen molar-refractivity contribution in [2.45, 2.75) is 141 Å². The summed E-state index contributed by atoms with van der Waals surface area (Å²) in [4.78, 5) is 0. The van der Waals surface area contributed by atoms with E-state index in [0.29, 0.717) is 36.0 Å². The van der Waals surface area contributed by atoms with Crippen molar-refractivity contribution in [3.63, 3.8) is 0 Å². The predicted octanol–water partition coefficient (Wildman–Crippen LogP) is 6.63. The normalized spacial score (nSPS) is 34.1. The van der Waals surface area contributed by atoms with Gasteiger partial charge >= 0.3 is 0 Å². The van der Waals surface area contributed by atoms with Crippen LogP contribution in [-0.2, 0) is 0 Å². The number of aliphatic hydroxyl groups excluding tert-OH is 2. The zero-order chi connectivity index (χ0) is 26.7. The average molecular weight is 503 g/mol. The molecule has 5 atom stereocenters. The Morgan fingerprint density at radius 1 is 1.00 bits per heavy atom. The Labute approximate surface area is 220 Å². The third kappa shape index (κ3) is 7.79. The molecule has 0 aliphatic heterocycles. The summed E-state index contributed by atoms with van der Waals surface area (Å²) in [5.41, 5.74) is 2.36. The van der Waals surface area contributed by atoms with Gasteiger partial charge in [0.1, 0.15) is 0 Å². The van der Waals surface area contributed by atoms with E-state index in [1.165, 1.54) is 31.3 Å². The van der Waals surface area contributed by atoms with E-state index < -0.39 is 23.4 Å². The number of rotatable bonds is 10. The molecule has 0 spiro atoms. The molecule has 3 fully saturated rings. The van der Waals surface area contributed by atoms with Crippen molar-refractivity contribution in [3.8, 4) is 0 Å². The van der Waals surface area contributed by atoms with Crippen LogP contribution in [0.3, 0.4) is 0 Å². The van der Waals surface area contributed by atoms with Gasteiger partial charge in [-0.05, 0) is 113 Å². The minimum absolute atomic E-state index is 0.291. The lowest BCUT2D eigenvalue weighted by molar-refractivity contribution is 0.0480. The monoisotopic (exact) mass is 502 g/mol. The van der Waals surface area contributed by atoms with Crippen molar-refractivity contribution in [2.75, 3.05) is 0 Å². The van der Waals surface area contributed by atoms with Gasteiger partial charge < -0.3 is 20.4 Å². The lowest BCUT2D eigenvalue weighted by Crippen LogP contribution is -2.37. The molecule has 3 aliphatic rings. The van der Waals surface area contributed by atoms with Crippen LogP contribution in [0.25, 0.3) is 0 Å². The maximum absolute atomic E-state index is 10.3. The molecule has 0 aromatic rings. The summed E-state index contributed by atoms with van der Waals surface area (Å²) < 4.78 is 0. The number of hydrogen-bond acceptors (Lipinski definition) is 4. The SMILES string of the molecule is C=C1/C(=C/C=C2\CCC[C@@]3(C)C2CC[C@@H]3C(CCCC(C)(C)O)CCCC(C)(C)O)C[C@@H](O)C[C@@H]1O. The molecular weight excluding hydrogens is 448 g/mol. The highest BCUT2D eigenvalue weighted by Crippen LogP contribution is 2.60. The molecule has 4 N–H and O–H groups in total. The zero-order valence-corrected chi connectivity index (χ0v) is 23.7. The van der Waals surface area contributed by atoms with Gasteiger partial charge in [-0.25, -0.2) is 0 Å². The lowest BCUT2D eigenvalue weighted by Gasteiger charge is -2.45. The van der Waals surface area contributed by atoms with Gasteiger partial charge in [0.2, 0.25) is 0 Å². The van der Waals surface area contributed by atoms with E-state index in [-0.39, 0.29) is 0 Å². The molecule has 0 heterocycles. The molecule has 1 unspecified atom stereocenters. The van der Waals surface area contributed by atoms with Crippen LogP contribution in [0.5, 0.6) is 0 Å². The first-order valence-electron chi connectivity index (χ1n) is 14.6. The molecule has 0 aromatic heterocycles. The van der Waals surface area contributed by atoms with Gasteiger partial charge in [0.05, 0.1) is 23.4 Å². The molecule has 206 valence electrons. The van der Waals surface area contributed by atoms with Crippen LogP contribution >= 0.6 is 0 Å². The molecular formula is C32H54O4. The third-order valence-corrected chi connectivity index (χ3v) is 9.60. The van der Waals surface area contributed by atoms with Crippen LogP contribution in [-0.4, -0.2) is 43.8 Å². The summed E-state index contributed by atoms with van der Waals surface area (Å²) >= 11 is 0. The Morgan fingerprint density at radius 3 is 2.19 bits per heavy atom. The molecule has 0 amide bonds. The molecule has 3 saturated carbocycles. The summed E-state index contributed by atoms with van der Waals surface area (Å²) in [7, 11) is 0. The summed E-state index contributed by atoms with van der Waals surface area (Å²) in [6, 6.07) is 0. The van der Waals surface area contributed by atoms with E-state index in [0.717, 1.165) is 56.1 Å². The van der Waals surface area contributed by atoms with Gasteiger partial charge in [-0.2, -0.15) is 0 Å². The fraction of sp³-hybridized carbons (Fsp3) is 0.812. The summed E-state index contributed by atoms with van der Waals surface area (Å²) in [6.45, 7) is 14.3. The Kier molecular flexibility index (Phi) is 9.74. The smallest absolute Gasteiger partial charge is 0.0811 e. The van der Waals surface area contributed by atoms with Gasteiger partial charge in [0, 0.05) is 6.42 Å². The molecule has 36 heavy (non-hydrogen) atoms. The fourth-order valence-electron chi connectivity index (χ4n) is 7.66. The van der Waals surface area contributed by atoms with E-state index in [1.54, 1.807) is 0 Å². The molecule has 0 bridgehead atoms. The predicted molar refractivity (Wildman–Crippen MR) is 149 cm³/mol. The zero-order valence-electron chi connectivity index (χ0n) is 23.7. The Hall–Kier alpha value is -0.940. The van der Waals surface area contributed by atoms with Crippen molar-refractivity contribution in [3.05, 3.63) is 35.5 Å². The van der Waals surface area contributed by atoms with E-state index >= 15 is 0 Å². The maximum atomic E-state index is 10.3. The van der Waals surface area contributed by atoms with Gasteiger partial charge in [-0.15, -0.1) is 0 Å². The van der Waals surface area contributed by atoms with Gasteiger partial charge in [-0.3, -0.25) is 0 Å². The quantitative estimate of drug-likeness (QED) is 0.270. The molecule has 3 aliphatic carbocycles. The highest BCUT2D eigenvalue weighted by atomic mass is 16.3.